The van der Waals surface area contributed by atoms with Gasteiger partial charge < -0.3 is 10.2 Å². The summed E-state index contributed by atoms with van der Waals surface area (Å²) in [6.45, 7) is 0.990. The predicted molar refractivity (Wildman–Crippen MR) is 121 cm³/mol. The molecule has 0 aliphatic carbocycles. The summed E-state index contributed by atoms with van der Waals surface area (Å²) in [5.74, 6) is 0.669. The number of benzene rings is 2. The maximum Gasteiger partial charge on any atom is 0.193 e. The number of nitrogens with one attached hydrogen (secondary N) is 1. The molecule has 5 nitrogen and oxygen atoms in total. The Balaban J connectivity index is 0.00000338. The SMILES string of the molecule is CN=C(NCCS(=O)(=O)c1ccc(Br)cc1)N(C)Cc1ccccc1.I. The summed E-state index contributed by atoms with van der Waals surface area (Å²) in [6.07, 6.45) is 0. The van der Waals surface area contributed by atoms with Gasteiger partial charge in [0.25, 0.3) is 0 Å². The van der Waals surface area contributed by atoms with Crippen molar-refractivity contribution < 1.29 is 8.42 Å². The van der Waals surface area contributed by atoms with Gasteiger partial charge in [-0.05, 0) is 29.8 Å². The molecule has 26 heavy (non-hydrogen) atoms. The normalized spacial score (nSPS) is 11.6. The molecule has 0 bridgehead atoms. The Labute approximate surface area is 181 Å². The van der Waals surface area contributed by atoms with E-state index < -0.39 is 9.84 Å². The van der Waals surface area contributed by atoms with Crippen molar-refractivity contribution in [1.29, 1.82) is 0 Å². The van der Waals surface area contributed by atoms with Gasteiger partial charge in [0.1, 0.15) is 0 Å². The average molecular weight is 552 g/mol. The molecule has 0 radical (unpaired) electrons. The maximum absolute atomic E-state index is 12.4. The average Bonchev–Trinajstić information content (AvgIpc) is 2.60. The van der Waals surface area contributed by atoms with Crippen LogP contribution < -0.4 is 5.32 Å². The summed E-state index contributed by atoms with van der Waals surface area (Å²) >= 11 is 3.31. The van der Waals surface area contributed by atoms with E-state index in [0.717, 1.165) is 10.0 Å². The number of rotatable bonds is 6. The molecule has 2 aromatic rings. The summed E-state index contributed by atoms with van der Waals surface area (Å²) < 4.78 is 25.6. The third-order valence-electron chi connectivity index (χ3n) is 3.66. The van der Waals surface area contributed by atoms with Crippen LogP contribution >= 0.6 is 39.9 Å². The van der Waals surface area contributed by atoms with Gasteiger partial charge in [0.2, 0.25) is 0 Å². The van der Waals surface area contributed by atoms with E-state index in [1.165, 1.54) is 0 Å². The van der Waals surface area contributed by atoms with Gasteiger partial charge in [-0.1, -0.05) is 46.3 Å². The first kappa shape index (κ1) is 22.9. The molecule has 0 fully saturated rings. The Morgan fingerprint density at radius 3 is 2.31 bits per heavy atom. The lowest BCUT2D eigenvalue weighted by Crippen LogP contribution is -2.40. The van der Waals surface area contributed by atoms with E-state index in [1.54, 1.807) is 31.3 Å². The number of nitrogens with zero attached hydrogens (tertiary/aromatic N) is 2. The number of aliphatic imine (C=N–C) groups is 1. The molecule has 0 heterocycles. The molecule has 8 heteroatoms. The zero-order valence-electron chi connectivity index (χ0n) is 14.7. The molecular formula is C18H23BrIN3O2S. The molecule has 2 rings (SSSR count). The predicted octanol–water partition coefficient (Wildman–Crippen LogP) is 3.55. The van der Waals surface area contributed by atoms with Crippen molar-refractivity contribution in [2.45, 2.75) is 11.4 Å². The van der Waals surface area contributed by atoms with Crippen LogP contribution in [0.3, 0.4) is 0 Å². The van der Waals surface area contributed by atoms with Crippen LogP contribution in [0, 0.1) is 0 Å². The summed E-state index contributed by atoms with van der Waals surface area (Å²) in [5.41, 5.74) is 1.16. The number of halogens is 2. The molecular weight excluding hydrogens is 529 g/mol. The quantitative estimate of drug-likeness (QED) is 0.339. The highest BCUT2D eigenvalue weighted by Gasteiger charge is 2.15. The van der Waals surface area contributed by atoms with Crippen molar-refractivity contribution in [3.63, 3.8) is 0 Å². The zero-order valence-corrected chi connectivity index (χ0v) is 19.5. The van der Waals surface area contributed by atoms with E-state index in [2.05, 4.69) is 26.2 Å². The molecule has 0 amide bonds. The van der Waals surface area contributed by atoms with Crippen molar-refractivity contribution >= 4 is 55.7 Å². The third-order valence-corrected chi connectivity index (χ3v) is 5.92. The lowest BCUT2D eigenvalue weighted by Gasteiger charge is -2.22. The van der Waals surface area contributed by atoms with Crippen LogP contribution in [0.5, 0.6) is 0 Å². The van der Waals surface area contributed by atoms with E-state index in [0.29, 0.717) is 23.9 Å². The van der Waals surface area contributed by atoms with Crippen LogP contribution in [0.4, 0.5) is 0 Å². The fourth-order valence-electron chi connectivity index (χ4n) is 2.37. The van der Waals surface area contributed by atoms with E-state index in [1.807, 2.05) is 42.3 Å². The van der Waals surface area contributed by atoms with Gasteiger partial charge in [0, 0.05) is 31.7 Å². The van der Waals surface area contributed by atoms with Crippen LogP contribution in [0.25, 0.3) is 0 Å². The number of hydrogen-bond acceptors (Lipinski definition) is 3. The van der Waals surface area contributed by atoms with E-state index >= 15 is 0 Å². The second kappa shape index (κ2) is 10.9. The van der Waals surface area contributed by atoms with Gasteiger partial charge in [-0.3, -0.25) is 4.99 Å². The first-order valence-corrected chi connectivity index (χ1v) is 10.3. The Morgan fingerprint density at radius 1 is 1.12 bits per heavy atom. The maximum atomic E-state index is 12.4. The number of hydrogen-bond donors (Lipinski definition) is 1. The Bertz CT molecular complexity index is 812. The summed E-state index contributed by atoms with van der Waals surface area (Å²) in [6, 6.07) is 16.7. The largest absolute Gasteiger partial charge is 0.355 e. The first-order valence-electron chi connectivity index (χ1n) is 7.86. The van der Waals surface area contributed by atoms with Crippen molar-refractivity contribution in [3.8, 4) is 0 Å². The fourth-order valence-corrected chi connectivity index (χ4v) is 3.80. The minimum atomic E-state index is -3.32. The van der Waals surface area contributed by atoms with Crippen LogP contribution in [0.1, 0.15) is 5.56 Å². The third kappa shape index (κ3) is 6.88. The van der Waals surface area contributed by atoms with Crippen molar-refractivity contribution in [1.82, 2.24) is 10.2 Å². The van der Waals surface area contributed by atoms with E-state index in [-0.39, 0.29) is 29.7 Å². The molecule has 1 N–H and O–H groups in total. The van der Waals surface area contributed by atoms with E-state index in [4.69, 9.17) is 0 Å². The van der Waals surface area contributed by atoms with Crippen molar-refractivity contribution in [3.05, 3.63) is 64.6 Å². The van der Waals surface area contributed by atoms with Crippen LogP contribution in [-0.4, -0.2) is 45.7 Å². The molecule has 142 valence electrons. The van der Waals surface area contributed by atoms with Gasteiger partial charge in [-0.2, -0.15) is 0 Å². The van der Waals surface area contributed by atoms with Gasteiger partial charge in [-0.25, -0.2) is 8.42 Å². The highest BCUT2D eigenvalue weighted by Crippen LogP contribution is 2.15. The first-order chi connectivity index (χ1) is 11.9. The molecule has 0 unspecified atom stereocenters. The second-order valence-corrected chi connectivity index (χ2v) is 8.61. The minimum Gasteiger partial charge on any atom is -0.355 e. The Kier molecular flexibility index (Phi) is 9.59. The Hall–Kier alpha value is -1.13. The zero-order chi connectivity index (χ0) is 18.3. The molecule has 0 aliphatic rings. The summed E-state index contributed by atoms with van der Waals surface area (Å²) in [7, 11) is 0.287. The molecule has 0 aromatic heterocycles. The van der Waals surface area contributed by atoms with Gasteiger partial charge >= 0.3 is 0 Å². The fraction of sp³-hybridized carbons (Fsp3) is 0.278. The monoisotopic (exact) mass is 551 g/mol. The lowest BCUT2D eigenvalue weighted by atomic mass is 10.2. The number of guanidine groups is 1. The van der Waals surface area contributed by atoms with Crippen LogP contribution in [-0.2, 0) is 16.4 Å². The van der Waals surface area contributed by atoms with Crippen LogP contribution in [0.2, 0.25) is 0 Å². The standard InChI is InChI=1S/C18H22BrN3O2S.HI/c1-20-18(22(2)14-15-6-4-3-5-7-15)21-12-13-25(23,24)17-10-8-16(19)9-11-17;/h3-11H,12-14H2,1-2H3,(H,20,21);1H. The van der Waals surface area contributed by atoms with E-state index in [9.17, 15) is 8.42 Å². The van der Waals surface area contributed by atoms with Gasteiger partial charge in [-0.15, -0.1) is 24.0 Å². The minimum absolute atomic E-state index is 0. The molecule has 0 atom stereocenters. The molecule has 0 saturated heterocycles. The van der Waals surface area contributed by atoms with Gasteiger partial charge in [0.05, 0.1) is 10.6 Å². The smallest absolute Gasteiger partial charge is 0.193 e. The molecule has 0 saturated carbocycles. The molecule has 0 aliphatic heterocycles. The topological polar surface area (TPSA) is 61.8 Å². The molecule has 2 aromatic carbocycles. The van der Waals surface area contributed by atoms with Crippen molar-refractivity contribution in [2.24, 2.45) is 4.99 Å². The van der Waals surface area contributed by atoms with Crippen LogP contribution in [0.15, 0.2) is 69.0 Å². The second-order valence-electron chi connectivity index (χ2n) is 5.59. The highest BCUT2D eigenvalue weighted by atomic mass is 127. The summed E-state index contributed by atoms with van der Waals surface area (Å²) in [5, 5.41) is 3.11. The number of sulfone groups is 1. The lowest BCUT2D eigenvalue weighted by molar-refractivity contribution is 0.478. The molecule has 0 spiro atoms. The Morgan fingerprint density at radius 2 is 1.73 bits per heavy atom. The highest BCUT2D eigenvalue weighted by molar-refractivity contribution is 14.0. The summed E-state index contributed by atoms with van der Waals surface area (Å²) in [4.78, 5) is 6.50. The van der Waals surface area contributed by atoms with Gasteiger partial charge in [0.15, 0.2) is 15.8 Å². The van der Waals surface area contributed by atoms with Crippen molar-refractivity contribution in [2.75, 3.05) is 26.4 Å².